The van der Waals surface area contributed by atoms with Crippen molar-refractivity contribution >= 4 is 49.4 Å². The second-order valence-electron chi connectivity index (χ2n) is 2.12. The zero-order chi connectivity index (χ0) is 9.30. The molecule has 0 radical (unpaired) electrons. The molecule has 0 atom stereocenters. The molecule has 1 aromatic carbocycles. The molecule has 0 saturated carbocycles. The number of carbonyl (C=O) groups is 1. The average Bonchev–Trinajstić information content (AvgIpc) is 1.99. The van der Waals surface area contributed by atoms with Crippen molar-refractivity contribution in [3.63, 3.8) is 0 Å². The minimum Gasteiger partial charge on any atom is -0.366 e. The van der Waals surface area contributed by atoms with Gasteiger partial charge in [-0.05, 0) is 44.0 Å². The van der Waals surface area contributed by atoms with Crippen molar-refractivity contribution in [2.24, 2.45) is 5.73 Å². The zero-order valence-electron chi connectivity index (χ0n) is 5.77. The van der Waals surface area contributed by atoms with E-state index in [4.69, 9.17) is 17.3 Å². The number of hydrogen-bond acceptors (Lipinski definition) is 1. The average molecular weight is 313 g/mol. The Morgan fingerprint density at radius 2 is 1.75 bits per heavy atom. The summed E-state index contributed by atoms with van der Waals surface area (Å²) in [5.74, 6) is -0.479. The predicted molar refractivity (Wildman–Crippen MR) is 55.4 cm³/mol. The molecule has 1 rings (SSSR count). The Kier molecular flexibility index (Phi) is 3.15. The maximum atomic E-state index is 10.8. The van der Waals surface area contributed by atoms with E-state index in [1.807, 2.05) is 0 Å². The summed E-state index contributed by atoms with van der Waals surface area (Å²) < 4.78 is 1.29. The predicted octanol–water partition coefficient (Wildman–Crippen LogP) is 2.96. The summed E-state index contributed by atoms with van der Waals surface area (Å²) in [5.41, 5.74) is 5.49. The van der Waals surface area contributed by atoms with Crippen LogP contribution in [0.2, 0.25) is 5.02 Å². The first-order valence-electron chi connectivity index (χ1n) is 2.96. The van der Waals surface area contributed by atoms with Crippen molar-refractivity contribution in [2.45, 2.75) is 0 Å². The van der Waals surface area contributed by atoms with E-state index in [0.717, 1.165) is 0 Å². The van der Waals surface area contributed by atoms with E-state index in [1.54, 1.807) is 12.1 Å². The Labute approximate surface area is 91.3 Å². The lowest BCUT2D eigenvalue weighted by atomic mass is 10.2. The second kappa shape index (κ2) is 3.77. The number of benzene rings is 1. The topological polar surface area (TPSA) is 43.1 Å². The summed E-state index contributed by atoms with van der Waals surface area (Å²) in [6.07, 6.45) is 0. The zero-order valence-corrected chi connectivity index (χ0v) is 9.70. The van der Waals surface area contributed by atoms with Gasteiger partial charge in [-0.2, -0.15) is 0 Å². The Morgan fingerprint density at radius 1 is 1.33 bits per heavy atom. The van der Waals surface area contributed by atoms with E-state index in [9.17, 15) is 4.79 Å². The van der Waals surface area contributed by atoms with Gasteiger partial charge in [-0.25, -0.2) is 0 Å². The van der Waals surface area contributed by atoms with E-state index in [0.29, 0.717) is 19.5 Å². The maximum absolute atomic E-state index is 10.8. The molecule has 12 heavy (non-hydrogen) atoms. The van der Waals surface area contributed by atoms with Crippen LogP contribution in [0.5, 0.6) is 0 Å². The summed E-state index contributed by atoms with van der Waals surface area (Å²) >= 11 is 12.2. The molecule has 2 N–H and O–H groups in total. The van der Waals surface area contributed by atoms with Gasteiger partial charge >= 0.3 is 0 Å². The molecule has 0 bridgehead atoms. The molecular formula is C7H4Br2ClNO. The van der Waals surface area contributed by atoms with E-state index < -0.39 is 5.91 Å². The first-order valence-corrected chi connectivity index (χ1v) is 4.93. The number of amides is 1. The molecule has 2 nitrogen and oxygen atoms in total. The van der Waals surface area contributed by atoms with Gasteiger partial charge in [0.05, 0.1) is 5.02 Å². The molecule has 0 heterocycles. The van der Waals surface area contributed by atoms with Gasteiger partial charge in [0.1, 0.15) is 0 Å². The molecule has 0 aliphatic rings. The van der Waals surface area contributed by atoms with Crippen LogP contribution < -0.4 is 5.73 Å². The molecule has 1 amide bonds. The summed E-state index contributed by atoms with van der Waals surface area (Å²) in [4.78, 5) is 10.8. The molecule has 0 fully saturated rings. The van der Waals surface area contributed by atoms with Gasteiger partial charge in [-0.1, -0.05) is 11.6 Å². The van der Waals surface area contributed by atoms with Gasteiger partial charge in [0.2, 0.25) is 5.91 Å². The van der Waals surface area contributed by atoms with Crippen molar-refractivity contribution in [2.75, 3.05) is 0 Å². The van der Waals surface area contributed by atoms with Crippen LogP contribution in [0.3, 0.4) is 0 Å². The van der Waals surface area contributed by atoms with Crippen LogP contribution in [-0.4, -0.2) is 5.91 Å². The van der Waals surface area contributed by atoms with Crippen LogP contribution in [0.25, 0.3) is 0 Å². The molecule has 1 aromatic rings. The monoisotopic (exact) mass is 311 g/mol. The van der Waals surface area contributed by atoms with Crippen LogP contribution >= 0.6 is 43.5 Å². The molecule has 64 valence electrons. The van der Waals surface area contributed by atoms with Gasteiger partial charge in [0, 0.05) is 14.5 Å². The number of rotatable bonds is 1. The van der Waals surface area contributed by atoms with E-state index in [2.05, 4.69) is 31.9 Å². The van der Waals surface area contributed by atoms with Gasteiger partial charge in [-0.3, -0.25) is 4.79 Å². The summed E-state index contributed by atoms with van der Waals surface area (Å²) in [6, 6.07) is 3.16. The lowest BCUT2D eigenvalue weighted by Gasteiger charge is -2.01. The third-order valence-electron chi connectivity index (χ3n) is 1.27. The number of hydrogen-bond donors (Lipinski definition) is 1. The molecule has 0 unspecified atom stereocenters. The molecule has 0 spiro atoms. The van der Waals surface area contributed by atoms with Crippen LogP contribution in [0, 0.1) is 0 Å². The Bertz CT molecular complexity index is 317. The third-order valence-corrected chi connectivity index (χ3v) is 3.38. The molecular weight excluding hydrogens is 309 g/mol. The molecule has 0 aromatic heterocycles. The third kappa shape index (κ3) is 2.00. The number of primary amides is 1. The fourth-order valence-electron chi connectivity index (χ4n) is 0.698. The van der Waals surface area contributed by atoms with Gasteiger partial charge < -0.3 is 5.73 Å². The largest absolute Gasteiger partial charge is 0.366 e. The Balaban J connectivity index is 3.31. The SMILES string of the molecule is NC(=O)c1cc(Br)c(Cl)c(Br)c1. The highest BCUT2D eigenvalue weighted by atomic mass is 79.9. The van der Waals surface area contributed by atoms with Crippen LogP contribution in [-0.2, 0) is 0 Å². The smallest absolute Gasteiger partial charge is 0.248 e. The van der Waals surface area contributed by atoms with Gasteiger partial charge in [0.25, 0.3) is 0 Å². The maximum Gasteiger partial charge on any atom is 0.248 e. The highest BCUT2D eigenvalue weighted by Crippen LogP contribution is 2.31. The first-order chi connectivity index (χ1) is 5.52. The lowest BCUT2D eigenvalue weighted by Crippen LogP contribution is -2.10. The van der Waals surface area contributed by atoms with E-state index >= 15 is 0 Å². The van der Waals surface area contributed by atoms with E-state index in [1.165, 1.54) is 0 Å². The number of carbonyl (C=O) groups excluding carboxylic acids is 1. The fraction of sp³-hybridized carbons (Fsp3) is 0. The fourth-order valence-corrected chi connectivity index (χ4v) is 1.99. The van der Waals surface area contributed by atoms with Gasteiger partial charge in [0.15, 0.2) is 0 Å². The molecule has 5 heteroatoms. The van der Waals surface area contributed by atoms with Crippen molar-refractivity contribution in [1.29, 1.82) is 0 Å². The Morgan fingerprint density at radius 3 is 2.08 bits per heavy atom. The van der Waals surface area contributed by atoms with Crippen LogP contribution in [0.15, 0.2) is 21.1 Å². The molecule has 0 saturated heterocycles. The van der Waals surface area contributed by atoms with Crippen molar-refractivity contribution in [1.82, 2.24) is 0 Å². The Hall–Kier alpha value is -0.0600. The number of halogens is 3. The highest BCUT2D eigenvalue weighted by molar-refractivity contribution is 9.11. The van der Waals surface area contributed by atoms with Gasteiger partial charge in [-0.15, -0.1) is 0 Å². The van der Waals surface area contributed by atoms with Crippen molar-refractivity contribution in [3.05, 3.63) is 31.7 Å². The summed E-state index contributed by atoms with van der Waals surface area (Å²) in [6.45, 7) is 0. The summed E-state index contributed by atoms with van der Waals surface area (Å²) in [5, 5.41) is 0.528. The minimum atomic E-state index is -0.479. The second-order valence-corrected chi connectivity index (χ2v) is 4.20. The standard InChI is InChI=1S/C7H4Br2ClNO/c8-4-1-3(7(11)12)2-5(9)6(4)10/h1-2H,(H2,11,12). The van der Waals surface area contributed by atoms with E-state index in [-0.39, 0.29) is 0 Å². The number of nitrogens with two attached hydrogens (primary N) is 1. The normalized spacial score (nSPS) is 9.92. The summed E-state index contributed by atoms with van der Waals surface area (Å²) in [7, 11) is 0. The van der Waals surface area contributed by atoms with Crippen LogP contribution in [0.1, 0.15) is 10.4 Å². The molecule has 0 aliphatic heterocycles. The highest BCUT2D eigenvalue weighted by Gasteiger charge is 2.07. The first kappa shape index (κ1) is 10.0. The lowest BCUT2D eigenvalue weighted by molar-refractivity contribution is 0.1000. The minimum absolute atomic E-state index is 0.415. The van der Waals surface area contributed by atoms with Crippen LogP contribution in [0.4, 0.5) is 0 Å². The van der Waals surface area contributed by atoms with Crippen molar-refractivity contribution in [3.8, 4) is 0 Å². The molecule has 0 aliphatic carbocycles. The van der Waals surface area contributed by atoms with Crippen molar-refractivity contribution < 1.29 is 4.79 Å². The quantitative estimate of drug-likeness (QED) is 0.796.